The third-order valence-corrected chi connectivity index (χ3v) is 8.66. The van der Waals surface area contributed by atoms with Crippen molar-refractivity contribution in [3.05, 3.63) is 96.1 Å². The maximum absolute atomic E-state index is 12.9. The summed E-state index contributed by atoms with van der Waals surface area (Å²) in [6, 6.07) is 17.1. The van der Waals surface area contributed by atoms with Gasteiger partial charge in [0.1, 0.15) is 23.0 Å². The van der Waals surface area contributed by atoms with Crippen molar-refractivity contribution in [2.24, 2.45) is 11.8 Å². The maximum atomic E-state index is 12.9. The van der Waals surface area contributed by atoms with Crippen LogP contribution in [0.15, 0.2) is 79.4 Å². The van der Waals surface area contributed by atoms with Gasteiger partial charge in [0.2, 0.25) is 0 Å². The summed E-state index contributed by atoms with van der Waals surface area (Å²) in [6.45, 7) is 7.67. The van der Waals surface area contributed by atoms with E-state index in [1.54, 1.807) is 43.3 Å². The molecule has 0 N–H and O–H groups in total. The van der Waals surface area contributed by atoms with Gasteiger partial charge in [-0.15, -0.1) is 0 Å². The number of unbranched alkanes of at least 4 members (excludes halogenated alkanes) is 2. The van der Waals surface area contributed by atoms with E-state index in [1.807, 2.05) is 0 Å². The molecule has 55 heavy (non-hydrogen) atoms. The highest BCUT2D eigenvalue weighted by Crippen LogP contribution is 2.32. The van der Waals surface area contributed by atoms with E-state index in [0.29, 0.717) is 87.2 Å². The van der Waals surface area contributed by atoms with E-state index < -0.39 is 17.9 Å². The summed E-state index contributed by atoms with van der Waals surface area (Å²) in [6.07, 6.45) is 5.70. The molecule has 0 radical (unpaired) electrons. The van der Waals surface area contributed by atoms with Crippen molar-refractivity contribution in [3.8, 4) is 23.0 Å². The molecule has 1 aliphatic rings. The topological polar surface area (TPSA) is 167 Å². The third-order valence-electron chi connectivity index (χ3n) is 8.66. The zero-order valence-corrected chi connectivity index (χ0v) is 31.1. The lowest BCUT2D eigenvalue weighted by atomic mass is 9.82. The van der Waals surface area contributed by atoms with Crippen LogP contribution in [0.2, 0.25) is 0 Å². The SMILES string of the molecule is C=CC(=O)OCCCCOc1ccc(C(=O)Oc2ccc(C(=O)Oc3ccc(OC(=O)C4CCC(C(=O)OCCCCOC(C)=O)CC4)c(C)c3)cc2)cc1. The molecule has 0 heterocycles. The number of hydrogen-bond donors (Lipinski definition) is 0. The van der Waals surface area contributed by atoms with Gasteiger partial charge >= 0.3 is 35.8 Å². The summed E-state index contributed by atoms with van der Waals surface area (Å²) >= 11 is 0. The van der Waals surface area contributed by atoms with Crippen molar-refractivity contribution < 1.29 is 61.9 Å². The van der Waals surface area contributed by atoms with Gasteiger partial charge in [-0.3, -0.25) is 14.4 Å². The fraction of sp³-hybridized carbons (Fsp3) is 0.381. The summed E-state index contributed by atoms with van der Waals surface area (Å²) in [7, 11) is 0. The summed E-state index contributed by atoms with van der Waals surface area (Å²) in [5.41, 5.74) is 1.13. The lowest BCUT2D eigenvalue weighted by Gasteiger charge is -2.26. The molecule has 0 aliphatic heterocycles. The van der Waals surface area contributed by atoms with Crippen molar-refractivity contribution in [1.82, 2.24) is 0 Å². The normalized spacial score (nSPS) is 14.8. The van der Waals surface area contributed by atoms with Crippen LogP contribution < -0.4 is 18.9 Å². The number of hydrogen-bond acceptors (Lipinski definition) is 13. The first-order valence-electron chi connectivity index (χ1n) is 18.2. The smallest absolute Gasteiger partial charge is 0.343 e. The number of rotatable bonds is 19. The summed E-state index contributed by atoms with van der Waals surface area (Å²) in [5, 5.41) is 0. The van der Waals surface area contributed by atoms with Crippen LogP contribution >= 0.6 is 0 Å². The predicted octanol–water partition coefficient (Wildman–Crippen LogP) is 6.92. The maximum Gasteiger partial charge on any atom is 0.343 e. The molecule has 13 heteroatoms. The quantitative estimate of drug-likeness (QED) is 0.0407. The van der Waals surface area contributed by atoms with Gasteiger partial charge in [0.15, 0.2) is 0 Å². The lowest BCUT2D eigenvalue weighted by Crippen LogP contribution is -2.29. The zero-order chi connectivity index (χ0) is 39.6. The van der Waals surface area contributed by atoms with Crippen LogP contribution in [0, 0.1) is 18.8 Å². The molecule has 1 saturated carbocycles. The van der Waals surface area contributed by atoms with Crippen LogP contribution in [0.25, 0.3) is 0 Å². The van der Waals surface area contributed by atoms with Crippen LogP contribution in [0.1, 0.15) is 84.6 Å². The van der Waals surface area contributed by atoms with E-state index in [-0.39, 0.29) is 60.0 Å². The van der Waals surface area contributed by atoms with Crippen LogP contribution in [-0.2, 0) is 33.4 Å². The van der Waals surface area contributed by atoms with Gasteiger partial charge < -0.3 is 33.2 Å². The molecule has 4 rings (SSSR count). The first kappa shape index (κ1) is 41.8. The molecule has 0 aromatic heterocycles. The fourth-order valence-electron chi connectivity index (χ4n) is 5.57. The molecule has 1 fully saturated rings. The molecule has 13 nitrogen and oxygen atoms in total. The Morgan fingerprint density at radius 2 is 1.09 bits per heavy atom. The van der Waals surface area contributed by atoms with Crippen molar-refractivity contribution >= 4 is 35.8 Å². The molecule has 292 valence electrons. The number of aryl methyl sites for hydroxylation is 1. The van der Waals surface area contributed by atoms with Gasteiger partial charge in [-0.1, -0.05) is 6.58 Å². The van der Waals surface area contributed by atoms with E-state index in [4.69, 9.17) is 33.2 Å². The minimum Gasteiger partial charge on any atom is -0.494 e. The van der Waals surface area contributed by atoms with Gasteiger partial charge in [-0.05, 0) is 131 Å². The van der Waals surface area contributed by atoms with E-state index >= 15 is 0 Å². The Kier molecular flexibility index (Phi) is 16.4. The molecule has 0 amide bonds. The highest BCUT2D eigenvalue weighted by Gasteiger charge is 2.32. The average molecular weight is 759 g/mol. The minimum atomic E-state index is -0.632. The molecular formula is C42H46O13. The van der Waals surface area contributed by atoms with E-state index in [1.165, 1.54) is 37.3 Å². The number of benzene rings is 3. The van der Waals surface area contributed by atoms with Crippen LogP contribution in [-0.4, -0.2) is 62.2 Å². The van der Waals surface area contributed by atoms with Crippen molar-refractivity contribution in [2.45, 2.75) is 65.2 Å². The first-order chi connectivity index (χ1) is 26.5. The molecule has 0 bridgehead atoms. The highest BCUT2D eigenvalue weighted by atomic mass is 16.6. The number of ether oxygens (including phenoxy) is 7. The largest absolute Gasteiger partial charge is 0.494 e. The molecule has 0 atom stereocenters. The van der Waals surface area contributed by atoms with Gasteiger partial charge in [0.05, 0.1) is 49.4 Å². The summed E-state index contributed by atoms with van der Waals surface area (Å²) in [5.74, 6) is -1.89. The Bertz CT molecular complexity index is 1790. The van der Waals surface area contributed by atoms with Crippen LogP contribution in [0.3, 0.4) is 0 Å². The Labute approximate surface area is 319 Å². The van der Waals surface area contributed by atoms with E-state index in [0.717, 1.165) is 6.08 Å². The number of esters is 6. The second-order valence-corrected chi connectivity index (χ2v) is 12.9. The summed E-state index contributed by atoms with van der Waals surface area (Å²) < 4.78 is 37.4. The van der Waals surface area contributed by atoms with Crippen molar-refractivity contribution in [2.75, 3.05) is 26.4 Å². The number of carbonyl (C=O) groups is 6. The Morgan fingerprint density at radius 3 is 1.65 bits per heavy atom. The molecule has 0 spiro atoms. The van der Waals surface area contributed by atoms with Crippen molar-refractivity contribution in [3.63, 3.8) is 0 Å². The van der Waals surface area contributed by atoms with Gasteiger partial charge in [-0.2, -0.15) is 0 Å². The van der Waals surface area contributed by atoms with Crippen LogP contribution in [0.4, 0.5) is 0 Å². The van der Waals surface area contributed by atoms with E-state index in [9.17, 15) is 28.8 Å². The number of carbonyl (C=O) groups excluding carboxylic acids is 6. The van der Waals surface area contributed by atoms with Gasteiger partial charge in [-0.25, -0.2) is 14.4 Å². The van der Waals surface area contributed by atoms with E-state index in [2.05, 4.69) is 6.58 Å². The Balaban J connectivity index is 1.16. The Hall–Kier alpha value is -5.98. The predicted molar refractivity (Wildman–Crippen MR) is 198 cm³/mol. The standard InChI is InChI=1S/C42H46O13/c1-4-38(44)51-25-7-6-24-50-34-17-13-32(14-18-34)40(46)53-35-19-15-33(16-20-35)41(47)54-36-21-22-37(28(2)27-36)55-42(48)31-11-9-30(10-12-31)39(45)52-26-8-5-23-49-29(3)43/h4,13-22,27,30-31H,1,5-12,23-26H2,2-3H3. The van der Waals surface area contributed by atoms with Crippen molar-refractivity contribution in [1.29, 1.82) is 0 Å². The van der Waals surface area contributed by atoms with Gasteiger partial charge in [0, 0.05) is 13.0 Å². The molecule has 0 saturated heterocycles. The third kappa shape index (κ3) is 14.1. The lowest BCUT2D eigenvalue weighted by molar-refractivity contribution is -0.152. The second-order valence-electron chi connectivity index (χ2n) is 12.9. The molecule has 3 aromatic rings. The highest BCUT2D eigenvalue weighted by molar-refractivity contribution is 5.93. The van der Waals surface area contributed by atoms with Gasteiger partial charge in [0.25, 0.3) is 0 Å². The molecule has 3 aromatic carbocycles. The molecular weight excluding hydrogens is 712 g/mol. The fourth-order valence-corrected chi connectivity index (χ4v) is 5.57. The monoisotopic (exact) mass is 758 g/mol. The zero-order valence-electron chi connectivity index (χ0n) is 31.1. The summed E-state index contributed by atoms with van der Waals surface area (Å²) in [4.78, 5) is 72.7. The molecule has 0 unspecified atom stereocenters. The Morgan fingerprint density at radius 1 is 0.600 bits per heavy atom. The first-order valence-corrected chi connectivity index (χ1v) is 18.2. The minimum absolute atomic E-state index is 0.229. The second kappa shape index (κ2) is 21.7. The average Bonchev–Trinajstić information content (AvgIpc) is 3.18. The van der Waals surface area contributed by atoms with Crippen LogP contribution in [0.5, 0.6) is 23.0 Å². The molecule has 1 aliphatic carbocycles.